The second-order valence-corrected chi connectivity index (χ2v) is 7.14. The molecule has 2 unspecified atom stereocenters. The normalized spacial score (nSPS) is 25.2. The average Bonchev–Trinajstić information content (AvgIpc) is 3.18. The Kier molecular flexibility index (Phi) is 3.76. The Morgan fingerprint density at radius 1 is 1.18 bits per heavy atom. The van der Waals surface area contributed by atoms with E-state index in [1.807, 2.05) is 13.1 Å². The van der Waals surface area contributed by atoms with Gasteiger partial charge in [0.2, 0.25) is 0 Å². The van der Waals surface area contributed by atoms with E-state index in [0.717, 1.165) is 47.9 Å². The van der Waals surface area contributed by atoms with E-state index >= 15 is 0 Å². The van der Waals surface area contributed by atoms with Crippen molar-refractivity contribution >= 4 is 15.9 Å². The topological polar surface area (TPSA) is 45.4 Å². The third-order valence-corrected chi connectivity index (χ3v) is 5.12. The molecule has 2 atom stereocenters. The van der Waals surface area contributed by atoms with Crippen molar-refractivity contribution in [1.29, 1.82) is 0 Å². The summed E-state index contributed by atoms with van der Waals surface area (Å²) in [7, 11) is 0. The van der Waals surface area contributed by atoms with E-state index in [1.54, 1.807) is 6.26 Å². The van der Waals surface area contributed by atoms with Crippen molar-refractivity contribution in [3.63, 3.8) is 0 Å². The van der Waals surface area contributed by atoms with Crippen LogP contribution < -0.4 is 0 Å². The minimum absolute atomic E-state index is 0.637. The fraction of sp³-hybridized carbons (Fsp3) is 0.500. The molecule has 2 saturated heterocycles. The molecule has 0 spiro atoms. The first-order valence-electron chi connectivity index (χ1n) is 7.67. The number of aryl methyl sites for hydroxylation is 1. The average molecular weight is 363 g/mol. The van der Waals surface area contributed by atoms with Crippen LogP contribution in [0.5, 0.6) is 0 Å². The maximum atomic E-state index is 5.30. The van der Waals surface area contributed by atoms with Crippen LogP contribution >= 0.6 is 15.9 Å². The SMILES string of the molecule is Cc1nc(CN2CC3CC2CN3Cc2ccc(Br)cn2)co1. The van der Waals surface area contributed by atoms with Crippen LogP contribution in [0.1, 0.15) is 23.7 Å². The number of aromatic nitrogens is 2. The van der Waals surface area contributed by atoms with Gasteiger partial charge in [-0.2, -0.15) is 0 Å². The molecule has 0 radical (unpaired) electrons. The van der Waals surface area contributed by atoms with Crippen LogP contribution in [0.15, 0.2) is 33.5 Å². The Balaban J connectivity index is 1.36. The van der Waals surface area contributed by atoms with Gasteiger partial charge in [0.1, 0.15) is 6.26 Å². The van der Waals surface area contributed by atoms with Gasteiger partial charge in [-0.05, 0) is 34.5 Å². The smallest absolute Gasteiger partial charge is 0.191 e. The summed E-state index contributed by atoms with van der Waals surface area (Å²) in [5.41, 5.74) is 2.20. The zero-order chi connectivity index (χ0) is 15.1. The molecule has 2 bridgehead atoms. The van der Waals surface area contributed by atoms with Crippen LogP contribution in [0.4, 0.5) is 0 Å². The quantitative estimate of drug-likeness (QED) is 0.836. The van der Waals surface area contributed by atoms with Crippen LogP contribution in [-0.2, 0) is 13.1 Å². The van der Waals surface area contributed by atoms with Gasteiger partial charge in [0, 0.05) is 55.9 Å². The number of hydrogen-bond donors (Lipinski definition) is 0. The third kappa shape index (κ3) is 2.83. The zero-order valence-electron chi connectivity index (χ0n) is 12.6. The maximum absolute atomic E-state index is 5.30. The molecule has 6 heteroatoms. The van der Waals surface area contributed by atoms with E-state index in [0.29, 0.717) is 12.1 Å². The van der Waals surface area contributed by atoms with Crippen molar-refractivity contribution in [3.05, 3.63) is 46.3 Å². The summed E-state index contributed by atoms with van der Waals surface area (Å²) >= 11 is 3.44. The molecule has 5 nitrogen and oxygen atoms in total. The molecule has 0 saturated carbocycles. The second-order valence-electron chi connectivity index (χ2n) is 6.23. The number of rotatable bonds is 4. The van der Waals surface area contributed by atoms with Gasteiger partial charge in [0.05, 0.1) is 11.4 Å². The van der Waals surface area contributed by atoms with E-state index in [2.05, 4.69) is 47.8 Å². The lowest BCUT2D eigenvalue weighted by molar-refractivity contribution is 0.116. The second kappa shape index (κ2) is 5.76. The van der Waals surface area contributed by atoms with Crippen LogP contribution in [0.25, 0.3) is 0 Å². The van der Waals surface area contributed by atoms with Gasteiger partial charge in [-0.1, -0.05) is 0 Å². The molecule has 4 rings (SSSR count). The van der Waals surface area contributed by atoms with Crippen molar-refractivity contribution in [2.75, 3.05) is 13.1 Å². The van der Waals surface area contributed by atoms with E-state index in [1.165, 1.54) is 6.42 Å². The highest BCUT2D eigenvalue weighted by Gasteiger charge is 2.43. The summed E-state index contributed by atoms with van der Waals surface area (Å²) in [5.74, 6) is 0.752. The molecule has 116 valence electrons. The van der Waals surface area contributed by atoms with Gasteiger partial charge < -0.3 is 4.42 Å². The minimum Gasteiger partial charge on any atom is -0.449 e. The number of hydrogen-bond acceptors (Lipinski definition) is 5. The van der Waals surface area contributed by atoms with Crippen molar-refractivity contribution in [2.24, 2.45) is 0 Å². The molecule has 2 fully saturated rings. The molecule has 0 aliphatic carbocycles. The molecular weight excluding hydrogens is 344 g/mol. The lowest BCUT2D eigenvalue weighted by Crippen LogP contribution is -2.45. The van der Waals surface area contributed by atoms with Gasteiger partial charge in [0.25, 0.3) is 0 Å². The van der Waals surface area contributed by atoms with E-state index < -0.39 is 0 Å². The maximum Gasteiger partial charge on any atom is 0.191 e. The molecule has 22 heavy (non-hydrogen) atoms. The molecular formula is C16H19BrN4O. The first-order chi connectivity index (χ1) is 10.7. The van der Waals surface area contributed by atoms with Gasteiger partial charge in [0.15, 0.2) is 5.89 Å². The molecule has 2 aromatic heterocycles. The molecule has 0 N–H and O–H groups in total. The fourth-order valence-corrected chi connectivity index (χ4v) is 3.85. The lowest BCUT2D eigenvalue weighted by Gasteiger charge is -2.33. The Morgan fingerprint density at radius 3 is 2.45 bits per heavy atom. The molecule has 0 amide bonds. The Bertz CT molecular complexity index is 656. The highest BCUT2D eigenvalue weighted by Crippen LogP contribution is 2.32. The molecule has 2 aliphatic heterocycles. The van der Waals surface area contributed by atoms with Crippen molar-refractivity contribution in [2.45, 2.75) is 38.5 Å². The summed E-state index contributed by atoms with van der Waals surface area (Å²) < 4.78 is 6.34. The highest BCUT2D eigenvalue weighted by atomic mass is 79.9. The van der Waals surface area contributed by atoms with Crippen molar-refractivity contribution in [1.82, 2.24) is 19.8 Å². The largest absolute Gasteiger partial charge is 0.449 e. The van der Waals surface area contributed by atoms with Gasteiger partial charge in [-0.15, -0.1) is 0 Å². The Hall–Kier alpha value is -1.24. The summed E-state index contributed by atoms with van der Waals surface area (Å²) in [6, 6.07) is 5.45. The van der Waals surface area contributed by atoms with Crippen LogP contribution in [0.2, 0.25) is 0 Å². The Labute approximate surface area is 138 Å². The number of fused-ring (bicyclic) bond motifs is 2. The van der Waals surface area contributed by atoms with Crippen molar-refractivity contribution < 1.29 is 4.42 Å². The van der Waals surface area contributed by atoms with E-state index in [4.69, 9.17) is 4.42 Å². The summed E-state index contributed by atoms with van der Waals surface area (Å²) in [6.45, 7) is 5.99. The number of pyridine rings is 1. The molecule has 4 heterocycles. The summed E-state index contributed by atoms with van der Waals surface area (Å²) in [4.78, 5) is 14.0. The fourth-order valence-electron chi connectivity index (χ4n) is 3.62. The zero-order valence-corrected chi connectivity index (χ0v) is 14.2. The number of oxazole rings is 1. The standard InChI is InChI=1S/C16H19BrN4O/c1-11-19-14(10-22-11)7-21-9-15-4-16(21)8-20(15)6-13-3-2-12(17)5-18-13/h2-3,5,10,15-16H,4,6-9H2,1H3. The van der Waals surface area contributed by atoms with Gasteiger partial charge >= 0.3 is 0 Å². The number of piperazine rings is 1. The molecule has 2 aromatic rings. The number of halogens is 1. The van der Waals surface area contributed by atoms with E-state index in [9.17, 15) is 0 Å². The molecule has 0 aromatic carbocycles. The van der Waals surface area contributed by atoms with E-state index in [-0.39, 0.29) is 0 Å². The summed E-state index contributed by atoms with van der Waals surface area (Å²) in [6.07, 6.45) is 4.92. The number of nitrogens with zero attached hydrogens (tertiary/aromatic N) is 4. The molecule has 2 aliphatic rings. The van der Waals surface area contributed by atoms with Gasteiger partial charge in [-0.3, -0.25) is 14.8 Å². The van der Waals surface area contributed by atoms with Crippen LogP contribution in [-0.4, -0.2) is 44.9 Å². The summed E-state index contributed by atoms with van der Waals surface area (Å²) in [5, 5.41) is 0. The highest BCUT2D eigenvalue weighted by molar-refractivity contribution is 9.10. The monoisotopic (exact) mass is 362 g/mol. The third-order valence-electron chi connectivity index (χ3n) is 4.65. The first kappa shape index (κ1) is 14.4. The van der Waals surface area contributed by atoms with Gasteiger partial charge in [-0.25, -0.2) is 4.98 Å². The van der Waals surface area contributed by atoms with Crippen LogP contribution in [0, 0.1) is 6.92 Å². The predicted molar refractivity (Wildman–Crippen MR) is 86.2 cm³/mol. The lowest BCUT2D eigenvalue weighted by atomic mass is 10.2. The minimum atomic E-state index is 0.637. The van der Waals surface area contributed by atoms with Crippen LogP contribution in [0.3, 0.4) is 0 Å². The predicted octanol–water partition coefficient (Wildman–Crippen LogP) is 2.60. The van der Waals surface area contributed by atoms with Crippen molar-refractivity contribution in [3.8, 4) is 0 Å². The number of likely N-dealkylation sites (tertiary alicyclic amines) is 2. The Morgan fingerprint density at radius 2 is 1.91 bits per heavy atom. The first-order valence-corrected chi connectivity index (χ1v) is 8.46.